The largest absolute Gasteiger partial charge is 0.371 e. The first-order chi connectivity index (χ1) is 9.40. The second kappa shape index (κ2) is 4.81. The molecule has 2 aromatic rings. The molecule has 7 heteroatoms. The summed E-state index contributed by atoms with van der Waals surface area (Å²) in [6.07, 6.45) is 5.01. The maximum absolute atomic E-state index is 5.93. The Bertz CT molecular complexity index is 570. The highest BCUT2D eigenvalue weighted by Gasteiger charge is 2.30. The summed E-state index contributed by atoms with van der Waals surface area (Å²) in [5.41, 5.74) is 0. The molecule has 0 spiro atoms. The third-order valence-corrected chi connectivity index (χ3v) is 4.60. The van der Waals surface area contributed by atoms with Gasteiger partial charge in [-0.3, -0.25) is 0 Å². The van der Waals surface area contributed by atoms with Crippen molar-refractivity contribution >= 4 is 16.3 Å². The summed E-state index contributed by atoms with van der Waals surface area (Å²) in [4.78, 5) is 0.894. The molecule has 4 rings (SSSR count). The van der Waals surface area contributed by atoms with Gasteiger partial charge in [0.25, 0.3) is 0 Å². The molecular formula is C12H17N5OS. The van der Waals surface area contributed by atoms with Crippen LogP contribution in [0.4, 0.5) is 0 Å². The lowest BCUT2D eigenvalue weighted by molar-refractivity contribution is 0.0208. The molecule has 0 unspecified atom stereocenters. The van der Waals surface area contributed by atoms with E-state index in [0.717, 1.165) is 41.7 Å². The summed E-state index contributed by atoms with van der Waals surface area (Å²) in [5.74, 6) is 1.61. The number of piperidine rings is 1. The second-order valence-corrected chi connectivity index (χ2v) is 6.32. The number of hydrogen-bond donors (Lipinski definition) is 1. The Labute approximate surface area is 115 Å². The fraction of sp³-hybridized carbons (Fsp3) is 0.750. The molecule has 6 nitrogen and oxygen atoms in total. The van der Waals surface area contributed by atoms with E-state index in [1.807, 2.05) is 4.52 Å². The van der Waals surface area contributed by atoms with Crippen LogP contribution >= 0.6 is 11.3 Å². The predicted octanol–water partition coefficient (Wildman–Crippen LogP) is 1.33. The van der Waals surface area contributed by atoms with E-state index in [-0.39, 0.29) is 0 Å². The predicted molar refractivity (Wildman–Crippen MR) is 71.3 cm³/mol. The highest BCUT2D eigenvalue weighted by atomic mass is 32.1. The van der Waals surface area contributed by atoms with Gasteiger partial charge in [-0.25, -0.2) is 0 Å². The third-order valence-electron chi connectivity index (χ3n) is 3.73. The summed E-state index contributed by atoms with van der Waals surface area (Å²) in [6.45, 7) is 2.71. The third kappa shape index (κ3) is 2.37. The topological polar surface area (TPSA) is 64.3 Å². The lowest BCUT2D eigenvalue weighted by Gasteiger charge is -2.22. The number of aromatic nitrogens is 4. The van der Waals surface area contributed by atoms with Crippen LogP contribution in [0.5, 0.6) is 0 Å². The zero-order valence-electron chi connectivity index (χ0n) is 10.7. The molecule has 0 radical (unpaired) electrons. The minimum absolute atomic E-state index is 0.374. The van der Waals surface area contributed by atoms with E-state index in [4.69, 9.17) is 4.74 Å². The van der Waals surface area contributed by atoms with Crippen LogP contribution in [0.15, 0.2) is 0 Å². The van der Waals surface area contributed by atoms with Crippen LogP contribution in [0, 0.1) is 0 Å². The van der Waals surface area contributed by atoms with Crippen molar-refractivity contribution in [2.45, 2.75) is 44.3 Å². The van der Waals surface area contributed by atoms with Gasteiger partial charge in [0.05, 0.1) is 6.10 Å². The average molecular weight is 279 g/mol. The second-order valence-electron chi connectivity index (χ2n) is 5.28. The van der Waals surface area contributed by atoms with E-state index < -0.39 is 0 Å². The van der Waals surface area contributed by atoms with Gasteiger partial charge >= 0.3 is 0 Å². The van der Waals surface area contributed by atoms with Gasteiger partial charge in [0.1, 0.15) is 11.6 Å². The van der Waals surface area contributed by atoms with Crippen molar-refractivity contribution in [2.24, 2.45) is 0 Å². The summed E-state index contributed by atoms with van der Waals surface area (Å²) < 4.78 is 7.84. The lowest BCUT2D eigenvalue weighted by atomic mass is 10.1. The van der Waals surface area contributed by atoms with Crippen molar-refractivity contribution < 1.29 is 4.74 Å². The molecule has 102 valence electrons. The van der Waals surface area contributed by atoms with Crippen LogP contribution in [0.2, 0.25) is 0 Å². The van der Waals surface area contributed by atoms with E-state index in [2.05, 4.69) is 20.6 Å². The Morgan fingerprint density at radius 1 is 1.21 bits per heavy atom. The molecular weight excluding hydrogens is 262 g/mol. The van der Waals surface area contributed by atoms with Crippen molar-refractivity contribution in [2.75, 3.05) is 13.1 Å². The zero-order chi connectivity index (χ0) is 12.7. The van der Waals surface area contributed by atoms with Crippen molar-refractivity contribution in [1.82, 2.24) is 25.1 Å². The maximum Gasteiger partial charge on any atom is 0.234 e. The molecule has 0 aromatic carbocycles. The van der Waals surface area contributed by atoms with Crippen LogP contribution in [0.25, 0.3) is 4.96 Å². The number of hydrogen-bond acceptors (Lipinski definition) is 6. The molecule has 0 amide bonds. The van der Waals surface area contributed by atoms with Crippen LogP contribution < -0.4 is 5.32 Å². The molecule has 2 aromatic heterocycles. The highest BCUT2D eigenvalue weighted by molar-refractivity contribution is 7.16. The van der Waals surface area contributed by atoms with Gasteiger partial charge in [0.2, 0.25) is 4.96 Å². The molecule has 1 saturated heterocycles. The van der Waals surface area contributed by atoms with Crippen molar-refractivity contribution in [1.29, 1.82) is 0 Å². The number of nitrogens with one attached hydrogen (secondary N) is 1. The molecule has 3 heterocycles. The normalized spacial score (nSPS) is 21.3. The minimum atomic E-state index is 0.374. The van der Waals surface area contributed by atoms with Gasteiger partial charge in [-0.1, -0.05) is 11.3 Å². The summed E-state index contributed by atoms with van der Waals surface area (Å²) >= 11 is 1.59. The van der Waals surface area contributed by atoms with Crippen LogP contribution in [-0.2, 0) is 11.3 Å². The quantitative estimate of drug-likeness (QED) is 0.914. The number of nitrogens with zero attached hydrogens (tertiary/aromatic N) is 4. The molecule has 0 atom stereocenters. The first kappa shape index (κ1) is 11.7. The molecule has 1 aliphatic carbocycles. The van der Waals surface area contributed by atoms with Crippen molar-refractivity contribution in [3.63, 3.8) is 0 Å². The van der Waals surface area contributed by atoms with E-state index >= 15 is 0 Å². The van der Waals surface area contributed by atoms with E-state index in [0.29, 0.717) is 18.6 Å². The fourth-order valence-corrected chi connectivity index (χ4v) is 3.24. The summed E-state index contributed by atoms with van der Waals surface area (Å²) in [6, 6.07) is 0. The first-order valence-corrected chi connectivity index (χ1v) is 7.75. The molecule has 1 aliphatic heterocycles. The standard InChI is InChI=1S/C12H17N5OS/c1-2-8(1)11-14-15-12-17(11)16-10(19-12)7-18-9-3-5-13-6-4-9/h8-9,13H,1-7H2. The van der Waals surface area contributed by atoms with Crippen LogP contribution in [0.3, 0.4) is 0 Å². The van der Waals surface area contributed by atoms with E-state index in [1.165, 1.54) is 12.8 Å². The number of ether oxygens (including phenoxy) is 1. The molecule has 1 saturated carbocycles. The monoisotopic (exact) mass is 279 g/mol. The first-order valence-electron chi connectivity index (χ1n) is 6.93. The Morgan fingerprint density at radius 3 is 2.84 bits per heavy atom. The summed E-state index contributed by atoms with van der Waals surface area (Å²) in [5, 5.41) is 17.4. The highest BCUT2D eigenvalue weighted by Crippen LogP contribution is 2.39. The lowest BCUT2D eigenvalue weighted by Crippen LogP contribution is -2.32. The molecule has 2 aliphatic rings. The van der Waals surface area contributed by atoms with Crippen LogP contribution in [0.1, 0.15) is 42.4 Å². The van der Waals surface area contributed by atoms with Gasteiger partial charge in [-0.2, -0.15) is 9.61 Å². The van der Waals surface area contributed by atoms with Crippen molar-refractivity contribution in [3.8, 4) is 0 Å². The van der Waals surface area contributed by atoms with Gasteiger partial charge in [-0.05, 0) is 38.8 Å². The summed E-state index contributed by atoms with van der Waals surface area (Å²) in [7, 11) is 0. The number of fused-ring (bicyclic) bond motifs is 1. The SMILES string of the molecule is C1CC(OCc2nn3c(C4CC4)nnc3s2)CCN1. The Balaban J connectivity index is 1.45. The zero-order valence-corrected chi connectivity index (χ0v) is 11.5. The molecule has 1 N–H and O–H groups in total. The van der Waals surface area contributed by atoms with Crippen LogP contribution in [-0.4, -0.2) is 39.0 Å². The molecule has 0 bridgehead atoms. The Morgan fingerprint density at radius 2 is 2.05 bits per heavy atom. The molecule has 19 heavy (non-hydrogen) atoms. The van der Waals surface area contributed by atoms with Gasteiger partial charge in [-0.15, -0.1) is 10.2 Å². The van der Waals surface area contributed by atoms with Gasteiger partial charge in [0.15, 0.2) is 5.82 Å². The minimum Gasteiger partial charge on any atom is -0.371 e. The molecule has 2 fully saturated rings. The number of rotatable bonds is 4. The fourth-order valence-electron chi connectivity index (χ4n) is 2.48. The average Bonchev–Trinajstić information content (AvgIpc) is 3.08. The van der Waals surface area contributed by atoms with E-state index in [1.54, 1.807) is 11.3 Å². The Kier molecular flexibility index (Phi) is 2.97. The Hall–Kier alpha value is -1.05. The van der Waals surface area contributed by atoms with Crippen molar-refractivity contribution in [3.05, 3.63) is 10.8 Å². The smallest absolute Gasteiger partial charge is 0.234 e. The van der Waals surface area contributed by atoms with E-state index in [9.17, 15) is 0 Å². The maximum atomic E-state index is 5.93. The van der Waals surface area contributed by atoms with Gasteiger partial charge in [0, 0.05) is 5.92 Å². The van der Waals surface area contributed by atoms with Gasteiger partial charge < -0.3 is 10.1 Å².